The lowest BCUT2D eigenvalue weighted by Gasteiger charge is -2.00. The molecule has 4 aromatic rings. The Labute approximate surface area is 165 Å². The molecule has 0 aliphatic heterocycles. The first-order valence-electron chi connectivity index (χ1n) is 8.21. The molecule has 0 bridgehead atoms. The van der Waals surface area contributed by atoms with Crippen molar-refractivity contribution in [1.29, 1.82) is 0 Å². The lowest BCUT2D eigenvalue weighted by atomic mass is 10.1. The fourth-order valence-corrected chi connectivity index (χ4v) is 3.26. The predicted molar refractivity (Wildman–Crippen MR) is 104 cm³/mol. The summed E-state index contributed by atoms with van der Waals surface area (Å²) in [4.78, 5) is 4.37. The number of thioether (sulfide) groups is 1. The highest BCUT2D eigenvalue weighted by molar-refractivity contribution is 7.98. The van der Waals surface area contributed by atoms with Crippen molar-refractivity contribution in [1.82, 2.24) is 20.3 Å². The lowest BCUT2D eigenvalue weighted by molar-refractivity contribution is 0.425. The number of benzene rings is 2. The van der Waals surface area contributed by atoms with Gasteiger partial charge in [-0.05, 0) is 49.2 Å². The van der Waals surface area contributed by atoms with Gasteiger partial charge in [0.05, 0.1) is 16.3 Å². The molecule has 0 radical (unpaired) electrons. The minimum atomic E-state index is 0.387. The van der Waals surface area contributed by atoms with Crippen molar-refractivity contribution in [3.63, 3.8) is 0 Å². The first kappa shape index (κ1) is 17.8. The molecule has 0 fully saturated rings. The van der Waals surface area contributed by atoms with E-state index in [4.69, 9.17) is 20.5 Å². The van der Waals surface area contributed by atoms with E-state index < -0.39 is 0 Å². The van der Waals surface area contributed by atoms with Crippen LogP contribution in [-0.4, -0.2) is 20.3 Å². The molecule has 0 N–H and O–H groups in total. The molecule has 2 aromatic heterocycles. The molecule has 0 saturated carbocycles. The van der Waals surface area contributed by atoms with E-state index in [-0.39, 0.29) is 0 Å². The summed E-state index contributed by atoms with van der Waals surface area (Å²) in [6.07, 6.45) is 0. The fourth-order valence-electron chi connectivity index (χ4n) is 2.44. The van der Waals surface area contributed by atoms with Crippen molar-refractivity contribution in [2.75, 3.05) is 0 Å². The molecule has 4 rings (SSSR count). The highest BCUT2D eigenvalue weighted by atomic mass is 35.5. The molecule has 0 unspecified atom stereocenters. The summed E-state index contributed by atoms with van der Waals surface area (Å²) in [6, 6.07) is 13.4. The summed E-state index contributed by atoms with van der Waals surface area (Å²) in [7, 11) is 0. The zero-order valence-corrected chi connectivity index (χ0v) is 16.2. The number of rotatable bonds is 5. The van der Waals surface area contributed by atoms with Crippen LogP contribution in [0.15, 0.2) is 56.6 Å². The second kappa shape index (κ2) is 7.54. The topological polar surface area (TPSA) is 77.8 Å². The molecule has 0 atom stereocenters. The third-order valence-corrected chi connectivity index (χ3v) is 5.20. The second-order valence-corrected chi connectivity index (χ2v) is 7.29. The van der Waals surface area contributed by atoms with Crippen LogP contribution in [0, 0.1) is 13.8 Å². The van der Waals surface area contributed by atoms with Gasteiger partial charge in [-0.1, -0.05) is 46.7 Å². The Morgan fingerprint density at radius 1 is 1.00 bits per heavy atom. The lowest BCUT2D eigenvalue weighted by Crippen LogP contribution is -1.85. The molecule has 0 saturated heterocycles. The molecule has 136 valence electrons. The quantitative estimate of drug-likeness (QED) is 0.419. The van der Waals surface area contributed by atoms with E-state index in [9.17, 15) is 0 Å². The molecule has 2 aromatic carbocycles. The molecule has 0 amide bonds. The fraction of sp³-hybridized carbons (Fsp3) is 0.158. The zero-order valence-electron chi connectivity index (χ0n) is 14.6. The number of halogens is 1. The van der Waals surface area contributed by atoms with E-state index >= 15 is 0 Å². The Morgan fingerprint density at radius 3 is 2.67 bits per heavy atom. The largest absolute Gasteiger partial charge is 0.411 e. The highest BCUT2D eigenvalue weighted by Crippen LogP contribution is 2.29. The van der Waals surface area contributed by atoms with Gasteiger partial charge in [0.15, 0.2) is 5.82 Å². The summed E-state index contributed by atoms with van der Waals surface area (Å²) in [5.41, 5.74) is 4.01. The number of aryl methyl sites for hydroxylation is 2. The Morgan fingerprint density at radius 2 is 1.85 bits per heavy atom. The van der Waals surface area contributed by atoms with Crippen LogP contribution in [0.5, 0.6) is 0 Å². The summed E-state index contributed by atoms with van der Waals surface area (Å²) in [5, 5.41) is 13.2. The van der Waals surface area contributed by atoms with Crippen LogP contribution in [0.3, 0.4) is 0 Å². The summed E-state index contributed by atoms with van der Waals surface area (Å²) < 4.78 is 11.0. The third-order valence-electron chi connectivity index (χ3n) is 4.06. The minimum absolute atomic E-state index is 0.387. The van der Waals surface area contributed by atoms with Gasteiger partial charge < -0.3 is 8.94 Å². The van der Waals surface area contributed by atoms with Crippen molar-refractivity contribution in [2.45, 2.75) is 24.8 Å². The van der Waals surface area contributed by atoms with Crippen molar-refractivity contribution >= 4 is 23.4 Å². The number of aromatic nitrogens is 4. The zero-order chi connectivity index (χ0) is 18.8. The van der Waals surface area contributed by atoms with Crippen LogP contribution in [-0.2, 0) is 5.75 Å². The standard InChI is InChI=1S/C19H15ClN4O2S/c1-11-7-8-13(9-12(11)2)17-22-23-19(25-17)27-10-16-21-18(26-24-16)14-5-3-4-6-15(14)20/h3-9H,10H2,1-2H3. The molecule has 0 aliphatic carbocycles. The maximum Gasteiger partial charge on any atom is 0.277 e. The maximum absolute atomic E-state index is 6.16. The highest BCUT2D eigenvalue weighted by Gasteiger charge is 2.14. The molecule has 2 heterocycles. The van der Waals surface area contributed by atoms with E-state index in [0.717, 1.165) is 5.56 Å². The smallest absolute Gasteiger partial charge is 0.277 e. The minimum Gasteiger partial charge on any atom is -0.411 e. The van der Waals surface area contributed by atoms with Crippen molar-refractivity contribution in [3.05, 3.63) is 64.4 Å². The Hall–Kier alpha value is -2.64. The van der Waals surface area contributed by atoms with Crippen LogP contribution in [0.4, 0.5) is 0 Å². The predicted octanol–water partition coefficient (Wildman–Crippen LogP) is 5.35. The van der Waals surface area contributed by atoms with Gasteiger partial charge in [0, 0.05) is 5.56 Å². The number of hydrogen-bond acceptors (Lipinski definition) is 7. The Kier molecular flexibility index (Phi) is 4.96. The van der Waals surface area contributed by atoms with E-state index in [0.29, 0.717) is 39.2 Å². The van der Waals surface area contributed by atoms with Gasteiger partial charge in [-0.25, -0.2) is 0 Å². The molecular formula is C19H15ClN4O2S. The average Bonchev–Trinajstić information content (AvgIpc) is 3.32. The van der Waals surface area contributed by atoms with Gasteiger partial charge in [0.2, 0.25) is 5.89 Å². The van der Waals surface area contributed by atoms with Gasteiger partial charge >= 0.3 is 0 Å². The van der Waals surface area contributed by atoms with Crippen LogP contribution >= 0.6 is 23.4 Å². The maximum atomic E-state index is 6.16. The van der Waals surface area contributed by atoms with E-state index in [1.807, 2.05) is 36.4 Å². The van der Waals surface area contributed by atoms with Gasteiger partial charge in [0.1, 0.15) is 0 Å². The van der Waals surface area contributed by atoms with E-state index in [2.05, 4.69) is 34.2 Å². The third kappa shape index (κ3) is 3.89. The van der Waals surface area contributed by atoms with Crippen LogP contribution in [0.2, 0.25) is 5.02 Å². The van der Waals surface area contributed by atoms with Crippen LogP contribution in [0.25, 0.3) is 22.9 Å². The molecule has 8 heteroatoms. The van der Waals surface area contributed by atoms with Gasteiger partial charge in [-0.3, -0.25) is 0 Å². The van der Waals surface area contributed by atoms with Crippen molar-refractivity contribution in [2.24, 2.45) is 0 Å². The summed E-state index contributed by atoms with van der Waals surface area (Å²) >= 11 is 7.51. The summed E-state index contributed by atoms with van der Waals surface area (Å²) in [5.74, 6) is 1.85. The first-order valence-corrected chi connectivity index (χ1v) is 9.58. The normalized spacial score (nSPS) is 11.1. The van der Waals surface area contributed by atoms with E-state index in [1.54, 1.807) is 6.07 Å². The van der Waals surface area contributed by atoms with Gasteiger partial charge in [-0.2, -0.15) is 4.98 Å². The van der Waals surface area contributed by atoms with Crippen LogP contribution in [0.1, 0.15) is 17.0 Å². The molecule has 27 heavy (non-hydrogen) atoms. The molecule has 0 spiro atoms. The monoisotopic (exact) mass is 398 g/mol. The molecule has 6 nitrogen and oxygen atoms in total. The Balaban J connectivity index is 1.45. The number of hydrogen-bond donors (Lipinski definition) is 0. The van der Waals surface area contributed by atoms with Crippen LogP contribution < -0.4 is 0 Å². The summed E-state index contributed by atoms with van der Waals surface area (Å²) in [6.45, 7) is 4.12. The number of nitrogens with zero attached hydrogens (tertiary/aromatic N) is 4. The Bertz CT molecular complexity index is 1090. The second-order valence-electron chi connectivity index (χ2n) is 5.96. The molecule has 0 aliphatic rings. The average molecular weight is 399 g/mol. The molecular weight excluding hydrogens is 384 g/mol. The van der Waals surface area contributed by atoms with Crippen molar-refractivity contribution in [3.8, 4) is 22.9 Å². The first-order chi connectivity index (χ1) is 13.1. The SMILES string of the molecule is Cc1ccc(-c2nnc(SCc3noc(-c4ccccc4Cl)n3)o2)cc1C. The van der Waals surface area contributed by atoms with Gasteiger partial charge in [-0.15, -0.1) is 10.2 Å². The van der Waals surface area contributed by atoms with Crippen molar-refractivity contribution < 1.29 is 8.94 Å². The van der Waals surface area contributed by atoms with Gasteiger partial charge in [0.25, 0.3) is 11.1 Å². The van der Waals surface area contributed by atoms with E-state index in [1.165, 1.54) is 22.9 Å².